The molecule has 0 spiro atoms. The van der Waals surface area contributed by atoms with Gasteiger partial charge >= 0.3 is 12.2 Å². The molecule has 3 rings (SSSR count). The summed E-state index contributed by atoms with van der Waals surface area (Å²) in [6, 6.07) is 13.2. The van der Waals surface area contributed by atoms with E-state index in [1.54, 1.807) is 12.3 Å². The minimum absolute atomic E-state index is 0.114. The molecule has 0 bridgehead atoms. The highest BCUT2D eigenvalue weighted by Crippen LogP contribution is 2.34. The molecule has 1 aromatic heterocycles. The van der Waals surface area contributed by atoms with E-state index >= 15 is 0 Å². The van der Waals surface area contributed by atoms with Crippen LogP contribution in [0.5, 0.6) is 5.75 Å². The number of nitrogens with zero attached hydrogens (tertiary/aromatic N) is 1. The summed E-state index contributed by atoms with van der Waals surface area (Å²) < 4.78 is 44.4. The van der Waals surface area contributed by atoms with Crippen molar-refractivity contribution in [2.45, 2.75) is 6.18 Å². The summed E-state index contributed by atoms with van der Waals surface area (Å²) in [5, 5.41) is 5.59. The maximum Gasteiger partial charge on any atom is 0.418 e. The lowest BCUT2D eigenvalue weighted by atomic mass is 10.1. The van der Waals surface area contributed by atoms with E-state index in [0.717, 1.165) is 11.5 Å². The highest BCUT2D eigenvalue weighted by Gasteiger charge is 2.33. The first-order valence-corrected chi connectivity index (χ1v) is 8.13. The standard InChI is InChI=1S/C19H16F3N3O2/c20-19(21,22)14-7-1-2-8-15(14)25-18(26)24-11-12-27-16-9-3-5-13-6-4-10-23-17(13)16/h1-10H,11-12H2,(H2,24,25,26). The predicted octanol–water partition coefficient (Wildman–Crippen LogP) is 4.45. The second-order valence-electron chi connectivity index (χ2n) is 5.60. The number of nitrogens with one attached hydrogen (secondary N) is 2. The van der Waals surface area contributed by atoms with E-state index in [-0.39, 0.29) is 18.8 Å². The van der Waals surface area contributed by atoms with Gasteiger partial charge in [0.05, 0.1) is 17.8 Å². The Labute approximate surface area is 153 Å². The van der Waals surface area contributed by atoms with Crippen LogP contribution in [0.25, 0.3) is 10.9 Å². The second-order valence-corrected chi connectivity index (χ2v) is 5.60. The van der Waals surface area contributed by atoms with Crippen molar-refractivity contribution in [2.75, 3.05) is 18.5 Å². The Bertz CT molecular complexity index is 939. The zero-order valence-corrected chi connectivity index (χ0v) is 14.1. The molecule has 0 unspecified atom stereocenters. The Morgan fingerprint density at radius 1 is 1.04 bits per heavy atom. The molecule has 0 fully saturated rings. The van der Waals surface area contributed by atoms with E-state index in [4.69, 9.17) is 4.74 Å². The fourth-order valence-corrected chi connectivity index (χ4v) is 2.52. The van der Waals surface area contributed by atoms with Crippen LogP contribution in [0.4, 0.5) is 23.7 Å². The summed E-state index contributed by atoms with van der Waals surface area (Å²) in [7, 11) is 0. The Morgan fingerprint density at radius 3 is 2.63 bits per heavy atom. The summed E-state index contributed by atoms with van der Waals surface area (Å²) in [5.41, 5.74) is -0.511. The number of aromatic nitrogens is 1. The van der Waals surface area contributed by atoms with Crippen LogP contribution < -0.4 is 15.4 Å². The molecule has 2 aromatic carbocycles. The van der Waals surface area contributed by atoms with Crippen molar-refractivity contribution in [2.24, 2.45) is 0 Å². The third-order valence-corrected chi connectivity index (χ3v) is 3.72. The number of hydrogen-bond donors (Lipinski definition) is 2. The van der Waals surface area contributed by atoms with Gasteiger partial charge in [-0.15, -0.1) is 0 Å². The molecule has 2 amide bonds. The number of carbonyl (C=O) groups excluding carboxylic acids is 1. The van der Waals surface area contributed by atoms with Gasteiger partial charge in [-0.05, 0) is 24.3 Å². The molecule has 0 saturated heterocycles. The number of ether oxygens (including phenoxy) is 1. The zero-order chi connectivity index (χ0) is 19.3. The molecule has 0 aliphatic heterocycles. The highest BCUT2D eigenvalue weighted by molar-refractivity contribution is 5.90. The van der Waals surface area contributed by atoms with Gasteiger partial charge in [0.2, 0.25) is 0 Å². The number of anilines is 1. The van der Waals surface area contributed by atoms with Gasteiger partial charge in [0.25, 0.3) is 0 Å². The first-order valence-electron chi connectivity index (χ1n) is 8.13. The Balaban J connectivity index is 1.53. The number of urea groups is 1. The van der Waals surface area contributed by atoms with Crippen molar-refractivity contribution in [1.29, 1.82) is 0 Å². The number of benzene rings is 2. The van der Waals surface area contributed by atoms with Gasteiger partial charge in [-0.1, -0.05) is 30.3 Å². The van der Waals surface area contributed by atoms with Crippen LogP contribution in [0.2, 0.25) is 0 Å². The highest BCUT2D eigenvalue weighted by atomic mass is 19.4. The first-order chi connectivity index (χ1) is 12.9. The number of halogens is 3. The summed E-state index contributed by atoms with van der Waals surface area (Å²) in [6.07, 6.45) is -2.90. The lowest BCUT2D eigenvalue weighted by Crippen LogP contribution is -2.32. The normalized spacial score (nSPS) is 11.2. The molecule has 2 N–H and O–H groups in total. The molecule has 0 aliphatic rings. The van der Waals surface area contributed by atoms with Gasteiger partial charge in [-0.3, -0.25) is 4.98 Å². The van der Waals surface area contributed by atoms with Crippen molar-refractivity contribution in [3.63, 3.8) is 0 Å². The van der Waals surface area contributed by atoms with Crippen molar-refractivity contribution in [3.8, 4) is 5.75 Å². The number of carbonyl (C=O) groups is 1. The monoisotopic (exact) mass is 375 g/mol. The number of para-hydroxylation sites is 2. The smallest absolute Gasteiger partial charge is 0.418 e. The number of hydrogen-bond acceptors (Lipinski definition) is 3. The minimum Gasteiger partial charge on any atom is -0.489 e. The molecule has 0 atom stereocenters. The Morgan fingerprint density at radius 2 is 1.81 bits per heavy atom. The van der Waals surface area contributed by atoms with Crippen molar-refractivity contribution in [1.82, 2.24) is 10.3 Å². The van der Waals surface area contributed by atoms with Crippen molar-refractivity contribution < 1.29 is 22.7 Å². The van der Waals surface area contributed by atoms with Gasteiger partial charge in [0.15, 0.2) is 0 Å². The van der Waals surface area contributed by atoms with Crippen LogP contribution in [0.15, 0.2) is 60.8 Å². The fraction of sp³-hybridized carbons (Fsp3) is 0.158. The topological polar surface area (TPSA) is 63.2 Å². The number of pyridine rings is 1. The van der Waals surface area contributed by atoms with E-state index in [9.17, 15) is 18.0 Å². The van der Waals surface area contributed by atoms with Gasteiger partial charge in [-0.2, -0.15) is 13.2 Å². The zero-order valence-electron chi connectivity index (χ0n) is 14.1. The largest absolute Gasteiger partial charge is 0.489 e. The fourth-order valence-electron chi connectivity index (χ4n) is 2.52. The minimum atomic E-state index is -4.55. The van der Waals surface area contributed by atoms with E-state index in [0.29, 0.717) is 11.3 Å². The van der Waals surface area contributed by atoms with E-state index in [1.807, 2.05) is 24.3 Å². The summed E-state index contributed by atoms with van der Waals surface area (Å²) in [5.74, 6) is 0.567. The lowest BCUT2D eigenvalue weighted by Gasteiger charge is -2.14. The van der Waals surface area contributed by atoms with Gasteiger partial charge in [0, 0.05) is 11.6 Å². The number of fused-ring (bicyclic) bond motifs is 1. The van der Waals surface area contributed by atoms with Crippen molar-refractivity contribution in [3.05, 3.63) is 66.4 Å². The SMILES string of the molecule is O=C(NCCOc1cccc2cccnc12)Nc1ccccc1C(F)(F)F. The van der Waals surface area contributed by atoms with Crippen LogP contribution in [0.1, 0.15) is 5.56 Å². The van der Waals surface area contributed by atoms with E-state index in [1.165, 1.54) is 18.2 Å². The summed E-state index contributed by atoms with van der Waals surface area (Å²) in [4.78, 5) is 16.1. The molecular weight excluding hydrogens is 359 g/mol. The molecule has 1 heterocycles. The van der Waals surface area contributed by atoms with Crippen LogP contribution in [-0.4, -0.2) is 24.2 Å². The number of alkyl halides is 3. The summed E-state index contributed by atoms with van der Waals surface area (Å²) in [6.45, 7) is 0.257. The van der Waals surface area contributed by atoms with Crippen LogP contribution in [0, 0.1) is 0 Å². The lowest BCUT2D eigenvalue weighted by molar-refractivity contribution is -0.136. The molecule has 0 saturated carbocycles. The van der Waals surface area contributed by atoms with Crippen LogP contribution >= 0.6 is 0 Å². The molecule has 140 valence electrons. The van der Waals surface area contributed by atoms with Gasteiger partial charge in [-0.25, -0.2) is 4.79 Å². The van der Waals surface area contributed by atoms with E-state index in [2.05, 4.69) is 15.6 Å². The average molecular weight is 375 g/mol. The average Bonchev–Trinajstić information content (AvgIpc) is 2.65. The van der Waals surface area contributed by atoms with Crippen molar-refractivity contribution >= 4 is 22.6 Å². The predicted molar refractivity (Wildman–Crippen MR) is 95.7 cm³/mol. The molecule has 0 aliphatic carbocycles. The molecular formula is C19H16F3N3O2. The third-order valence-electron chi connectivity index (χ3n) is 3.72. The molecule has 27 heavy (non-hydrogen) atoms. The molecule has 3 aromatic rings. The molecule has 8 heteroatoms. The molecule has 0 radical (unpaired) electrons. The maximum absolute atomic E-state index is 12.9. The number of amides is 2. The van der Waals surface area contributed by atoms with E-state index < -0.39 is 17.8 Å². The van der Waals surface area contributed by atoms with Gasteiger partial charge in [0.1, 0.15) is 17.9 Å². The first kappa shape index (κ1) is 18.5. The molecule has 5 nitrogen and oxygen atoms in total. The van der Waals surface area contributed by atoms with Gasteiger partial charge < -0.3 is 15.4 Å². The quantitative estimate of drug-likeness (QED) is 0.648. The third kappa shape index (κ3) is 4.66. The maximum atomic E-state index is 12.9. The van der Waals surface area contributed by atoms with Crippen LogP contribution in [-0.2, 0) is 6.18 Å². The summed E-state index contributed by atoms with van der Waals surface area (Å²) >= 11 is 0. The Hall–Kier alpha value is -3.29. The van der Waals surface area contributed by atoms with Crippen LogP contribution in [0.3, 0.4) is 0 Å². The number of rotatable bonds is 5. The Kier molecular flexibility index (Phi) is 5.44. The second kappa shape index (κ2) is 7.94.